The van der Waals surface area contributed by atoms with Gasteiger partial charge in [0.05, 0.1) is 6.54 Å². The van der Waals surface area contributed by atoms with E-state index in [1.165, 1.54) is 12.4 Å². The van der Waals surface area contributed by atoms with Gasteiger partial charge in [0.15, 0.2) is 0 Å². The quantitative estimate of drug-likeness (QED) is 0.885. The molecule has 1 aromatic rings. The maximum absolute atomic E-state index is 12.7. The van der Waals surface area contributed by atoms with Gasteiger partial charge in [-0.1, -0.05) is 0 Å². The smallest absolute Gasteiger partial charge is 0.316 e. The fourth-order valence-corrected chi connectivity index (χ4v) is 3.10. The lowest BCUT2D eigenvalue weighted by atomic mass is 9.89. The van der Waals surface area contributed by atoms with Crippen molar-refractivity contribution in [2.24, 2.45) is 11.8 Å². The maximum Gasteiger partial charge on any atom is 0.319 e. The third kappa shape index (κ3) is 2.27. The lowest BCUT2D eigenvalue weighted by Crippen LogP contribution is -2.40. The Kier molecular flexibility index (Phi) is 3.30. The van der Waals surface area contributed by atoms with E-state index >= 15 is 0 Å². The topological polar surface area (TPSA) is 33.1 Å². The molecular weight excluding hydrogens is 238 g/mol. The molecule has 0 aromatic carbocycles. The van der Waals surface area contributed by atoms with E-state index in [0.717, 1.165) is 43.1 Å². The van der Waals surface area contributed by atoms with Gasteiger partial charge in [0.2, 0.25) is 0 Å². The Morgan fingerprint density at radius 1 is 1.39 bits per heavy atom. The lowest BCUT2D eigenvalue weighted by molar-refractivity contribution is 0.0608. The van der Waals surface area contributed by atoms with E-state index in [4.69, 9.17) is 0 Å². The summed E-state index contributed by atoms with van der Waals surface area (Å²) in [6, 6.07) is 0. The first kappa shape index (κ1) is 12.0. The molecule has 0 saturated carbocycles. The van der Waals surface area contributed by atoms with Crippen LogP contribution in [-0.2, 0) is 6.54 Å². The Bertz CT molecular complexity index is 407. The molecule has 3 rings (SSSR count). The summed E-state index contributed by atoms with van der Waals surface area (Å²) in [5.41, 5.74) is 0. The number of fused-ring (bicyclic) bond motifs is 1. The van der Waals surface area contributed by atoms with Gasteiger partial charge < -0.3 is 5.32 Å². The summed E-state index contributed by atoms with van der Waals surface area (Å²) >= 11 is 0. The number of piperidine rings is 1. The van der Waals surface area contributed by atoms with Crippen LogP contribution in [0.5, 0.6) is 0 Å². The third-order valence-corrected chi connectivity index (χ3v) is 4.11. The number of likely N-dealkylation sites (tertiary alicyclic amines) is 1. The molecule has 100 valence electrons. The van der Waals surface area contributed by atoms with Crippen molar-refractivity contribution in [2.45, 2.75) is 19.5 Å². The van der Waals surface area contributed by atoms with Crippen LogP contribution in [0.4, 0.5) is 8.78 Å². The molecule has 2 fully saturated rings. The normalized spacial score (nSPS) is 28.8. The van der Waals surface area contributed by atoms with Crippen LogP contribution >= 0.6 is 0 Å². The zero-order valence-electron chi connectivity index (χ0n) is 10.2. The average molecular weight is 256 g/mol. The first-order valence-corrected chi connectivity index (χ1v) is 6.47. The van der Waals surface area contributed by atoms with E-state index in [9.17, 15) is 8.78 Å². The average Bonchev–Trinajstić information content (AvgIpc) is 2.96. The number of hydrogen-bond donors (Lipinski definition) is 1. The third-order valence-electron chi connectivity index (χ3n) is 4.11. The van der Waals surface area contributed by atoms with Crippen molar-refractivity contribution in [1.82, 2.24) is 19.8 Å². The van der Waals surface area contributed by atoms with E-state index in [1.54, 1.807) is 0 Å². The van der Waals surface area contributed by atoms with Crippen LogP contribution in [0.2, 0.25) is 0 Å². The number of nitrogens with zero attached hydrogens (tertiary/aromatic N) is 3. The van der Waals surface area contributed by atoms with Crippen LogP contribution in [0.25, 0.3) is 0 Å². The number of rotatable bonds is 3. The van der Waals surface area contributed by atoms with Crippen LogP contribution in [0, 0.1) is 11.8 Å². The van der Waals surface area contributed by atoms with Crippen LogP contribution in [-0.4, -0.2) is 40.6 Å². The molecule has 0 aliphatic carbocycles. The molecule has 0 radical (unpaired) electrons. The van der Waals surface area contributed by atoms with Gasteiger partial charge in [-0.25, -0.2) is 4.98 Å². The standard InChI is InChI=1S/C12H18F2N4/c13-12(14)18-4-2-16-11(18)8-17-3-1-9-5-15-6-10(9)7-17/h2,4,9-10,12,15H,1,3,5-8H2. The maximum atomic E-state index is 12.7. The number of alkyl halides is 2. The number of hydrogen-bond acceptors (Lipinski definition) is 3. The van der Waals surface area contributed by atoms with E-state index in [1.807, 2.05) is 0 Å². The first-order valence-electron chi connectivity index (χ1n) is 6.47. The minimum Gasteiger partial charge on any atom is -0.316 e. The van der Waals surface area contributed by atoms with Crippen LogP contribution in [0.1, 0.15) is 18.8 Å². The van der Waals surface area contributed by atoms with Gasteiger partial charge in [-0.05, 0) is 37.9 Å². The largest absolute Gasteiger partial charge is 0.319 e. The molecule has 0 spiro atoms. The lowest BCUT2D eigenvalue weighted by Gasteiger charge is -2.34. The van der Waals surface area contributed by atoms with Crippen molar-refractivity contribution in [2.75, 3.05) is 26.2 Å². The first-order chi connectivity index (χ1) is 8.74. The summed E-state index contributed by atoms with van der Waals surface area (Å²) in [6.45, 7) is 2.19. The summed E-state index contributed by atoms with van der Waals surface area (Å²) < 4.78 is 26.4. The summed E-state index contributed by atoms with van der Waals surface area (Å²) in [4.78, 5) is 6.29. The highest BCUT2D eigenvalue weighted by atomic mass is 19.3. The molecule has 2 atom stereocenters. The van der Waals surface area contributed by atoms with E-state index in [0.29, 0.717) is 18.3 Å². The SMILES string of the molecule is FC(F)n1ccnc1CN1CCC2CNCC2C1. The minimum atomic E-state index is -2.49. The number of aromatic nitrogens is 2. The molecule has 1 aromatic heterocycles. The number of imidazole rings is 1. The molecule has 4 nitrogen and oxygen atoms in total. The molecule has 2 aliphatic heterocycles. The van der Waals surface area contributed by atoms with Crippen molar-refractivity contribution in [3.05, 3.63) is 18.2 Å². The molecule has 6 heteroatoms. The van der Waals surface area contributed by atoms with Crippen molar-refractivity contribution in [3.8, 4) is 0 Å². The molecule has 2 unspecified atom stereocenters. The van der Waals surface area contributed by atoms with Gasteiger partial charge in [-0.15, -0.1) is 0 Å². The van der Waals surface area contributed by atoms with Gasteiger partial charge >= 0.3 is 6.55 Å². The molecule has 3 heterocycles. The second-order valence-electron chi connectivity index (χ2n) is 5.23. The van der Waals surface area contributed by atoms with E-state index in [2.05, 4.69) is 15.2 Å². The Morgan fingerprint density at radius 2 is 2.22 bits per heavy atom. The van der Waals surface area contributed by atoms with E-state index < -0.39 is 6.55 Å². The van der Waals surface area contributed by atoms with Crippen molar-refractivity contribution >= 4 is 0 Å². The summed E-state index contributed by atoms with van der Waals surface area (Å²) in [5.74, 6) is 1.92. The second-order valence-corrected chi connectivity index (χ2v) is 5.23. The molecule has 0 bridgehead atoms. The van der Waals surface area contributed by atoms with Crippen molar-refractivity contribution in [1.29, 1.82) is 0 Å². The predicted octanol–water partition coefficient (Wildman–Crippen LogP) is 1.32. The highest BCUT2D eigenvalue weighted by molar-refractivity contribution is 4.95. The molecule has 2 saturated heterocycles. The van der Waals surface area contributed by atoms with Crippen molar-refractivity contribution in [3.63, 3.8) is 0 Å². The zero-order valence-corrected chi connectivity index (χ0v) is 10.2. The Hall–Kier alpha value is -1.01. The van der Waals surface area contributed by atoms with Gasteiger partial charge in [0, 0.05) is 18.9 Å². The molecule has 0 amide bonds. The summed E-state index contributed by atoms with van der Waals surface area (Å²) in [7, 11) is 0. The van der Waals surface area contributed by atoms with Gasteiger partial charge in [0.1, 0.15) is 5.82 Å². The second kappa shape index (κ2) is 4.93. The van der Waals surface area contributed by atoms with Crippen LogP contribution in [0.3, 0.4) is 0 Å². The Labute approximate surface area is 105 Å². The highest BCUT2D eigenvalue weighted by Crippen LogP contribution is 2.27. The Balaban J connectivity index is 1.64. The monoisotopic (exact) mass is 256 g/mol. The van der Waals surface area contributed by atoms with Crippen LogP contribution in [0.15, 0.2) is 12.4 Å². The van der Waals surface area contributed by atoms with Gasteiger partial charge in [-0.3, -0.25) is 9.47 Å². The van der Waals surface area contributed by atoms with Crippen LogP contribution < -0.4 is 5.32 Å². The molecule has 18 heavy (non-hydrogen) atoms. The zero-order chi connectivity index (χ0) is 12.5. The number of halogens is 2. The summed E-state index contributed by atoms with van der Waals surface area (Å²) in [6.07, 6.45) is 3.96. The number of nitrogens with one attached hydrogen (secondary N) is 1. The van der Waals surface area contributed by atoms with E-state index in [-0.39, 0.29) is 0 Å². The highest BCUT2D eigenvalue weighted by Gasteiger charge is 2.33. The Morgan fingerprint density at radius 3 is 3.06 bits per heavy atom. The fraction of sp³-hybridized carbons (Fsp3) is 0.750. The predicted molar refractivity (Wildman–Crippen MR) is 63.2 cm³/mol. The van der Waals surface area contributed by atoms with Crippen molar-refractivity contribution < 1.29 is 8.78 Å². The molecule has 1 N–H and O–H groups in total. The van der Waals surface area contributed by atoms with Gasteiger partial charge in [-0.2, -0.15) is 8.78 Å². The summed E-state index contributed by atoms with van der Waals surface area (Å²) in [5, 5.41) is 3.41. The minimum absolute atomic E-state index is 0.467. The molecule has 2 aliphatic rings. The molecular formula is C12H18F2N4. The van der Waals surface area contributed by atoms with Gasteiger partial charge in [0.25, 0.3) is 0 Å². The fourth-order valence-electron chi connectivity index (χ4n) is 3.10.